The van der Waals surface area contributed by atoms with Crippen LogP contribution in [0.1, 0.15) is 65.2 Å². The van der Waals surface area contributed by atoms with Gasteiger partial charge in [-0.25, -0.2) is 0 Å². The first-order chi connectivity index (χ1) is 8.57. The van der Waals surface area contributed by atoms with Crippen LogP contribution in [0.3, 0.4) is 0 Å². The summed E-state index contributed by atoms with van der Waals surface area (Å²) in [6.07, 6.45) is 10.8. The van der Waals surface area contributed by atoms with E-state index < -0.39 is 0 Å². The van der Waals surface area contributed by atoms with Gasteiger partial charge in [0, 0.05) is 6.04 Å². The highest BCUT2D eigenvalue weighted by Crippen LogP contribution is 2.58. The van der Waals surface area contributed by atoms with E-state index in [1.807, 2.05) is 0 Å². The molecule has 18 heavy (non-hydrogen) atoms. The fourth-order valence-corrected chi connectivity index (χ4v) is 3.95. The SMILES string of the molecule is CC1(C2(C)CN=C(N)N2C2CCCCCC2)CC1. The maximum Gasteiger partial charge on any atom is 0.192 e. The van der Waals surface area contributed by atoms with Crippen LogP contribution in [0.5, 0.6) is 0 Å². The lowest BCUT2D eigenvalue weighted by Gasteiger charge is -2.46. The number of hydrogen-bond acceptors (Lipinski definition) is 3. The molecule has 0 bridgehead atoms. The molecule has 3 aliphatic rings. The van der Waals surface area contributed by atoms with Crippen molar-refractivity contribution < 1.29 is 0 Å². The Balaban J connectivity index is 1.84. The quantitative estimate of drug-likeness (QED) is 0.765. The Morgan fingerprint density at radius 1 is 1.11 bits per heavy atom. The molecule has 0 radical (unpaired) electrons. The molecule has 0 aromatic heterocycles. The van der Waals surface area contributed by atoms with Gasteiger partial charge in [-0.05, 0) is 38.0 Å². The van der Waals surface area contributed by atoms with Gasteiger partial charge in [-0.15, -0.1) is 0 Å². The van der Waals surface area contributed by atoms with Gasteiger partial charge in [-0.1, -0.05) is 32.6 Å². The lowest BCUT2D eigenvalue weighted by molar-refractivity contribution is 0.0859. The van der Waals surface area contributed by atoms with Crippen molar-refractivity contribution in [2.75, 3.05) is 6.54 Å². The maximum atomic E-state index is 6.24. The largest absolute Gasteiger partial charge is 0.370 e. The zero-order valence-electron chi connectivity index (χ0n) is 11.9. The molecule has 0 saturated heterocycles. The zero-order chi connectivity index (χ0) is 12.8. The molecular formula is C15H27N3. The van der Waals surface area contributed by atoms with E-state index in [9.17, 15) is 0 Å². The minimum atomic E-state index is 0.187. The van der Waals surface area contributed by atoms with Crippen LogP contribution in [0.25, 0.3) is 0 Å². The predicted octanol–water partition coefficient (Wildman–Crippen LogP) is 2.90. The van der Waals surface area contributed by atoms with E-state index in [2.05, 4.69) is 23.7 Å². The summed E-state index contributed by atoms with van der Waals surface area (Å²) in [6.45, 7) is 5.73. The third kappa shape index (κ3) is 1.74. The molecule has 2 fully saturated rings. The van der Waals surface area contributed by atoms with Gasteiger partial charge in [-0.3, -0.25) is 4.99 Å². The van der Waals surface area contributed by atoms with Crippen molar-refractivity contribution in [2.45, 2.75) is 76.8 Å². The van der Waals surface area contributed by atoms with Gasteiger partial charge in [0.05, 0.1) is 12.1 Å². The summed E-state index contributed by atoms with van der Waals surface area (Å²) in [5.74, 6) is 0.817. The minimum absolute atomic E-state index is 0.187. The molecule has 2 N–H and O–H groups in total. The molecule has 2 saturated carbocycles. The highest BCUT2D eigenvalue weighted by atomic mass is 15.4. The lowest BCUT2D eigenvalue weighted by atomic mass is 9.81. The topological polar surface area (TPSA) is 41.6 Å². The molecule has 1 unspecified atom stereocenters. The number of rotatable bonds is 2. The number of guanidine groups is 1. The predicted molar refractivity (Wildman–Crippen MR) is 75.6 cm³/mol. The molecule has 102 valence electrons. The van der Waals surface area contributed by atoms with Gasteiger partial charge in [0.1, 0.15) is 0 Å². The van der Waals surface area contributed by atoms with Crippen molar-refractivity contribution >= 4 is 5.96 Å². The van der Waals surface area contributed by atoms with Crippen molar-refractivity contribution in [1.82, 2.24) is 4.90 Å². The van der Waals surface area contributed by atoms with Crippen LogP contribution in [0.4, 0.5) is 0 Å². The summed E-state index contributed by atoms with van der Waals surface area (Å²) in [5, 5.41) is 0. The Morgan fingerprint density at radius 2 is 1.72 bits per heavy atom. The molecular weight excluding hydrogens is 222 g/mol. The first-order valence-electron chi connectivity index (χ1n) is 7.66. The van der Waals surface area contributed by atoms with Crippen molar-refractivity contribution in [2.24, 2.45) is 16.1 Å². The van der Waals surface area contributed by atoms with Crippen LogP contribution in [0.2, 0.25) is 0 Å². The van der Waals surface area contributed by atoms with Crippen molar-refractivity contribution in [1.29, 1.82) is 0 Å². The van der Waals surface area contributed by atoms with E-state index in [-0.39, 0.29) is 5.54 Å². The van der Waals surface area contributed by atoms with Gasteiger partial charge in [0.15, 0.2) is 5.96 Å². The summed E-state index contributed by atoms with van der Waals surface area (Å²) in [7, 11) is 0. The standard InChI is InChI=1S/C15H27N3/c1-14(9-10-14)15(2)11-17-13(16)18(15)12-7-5-3-4-6-8-12/h12H,3-11H2,1-2H3,(H2,16,17). The van der Waals surface area contributed by atoms with E-state index in [4.69, 9.17) is 5.73 Å². The van der Waals surface area contributed by atoms with Crippen LogP contribution in [0, 0.1) is 5.41 Å². The monoisotopic (exact) mass is 249 g/mol. The fourth-order valence-electron chi connectivity index (χ4n) is 3.95. The van der Waals surface area contributed by atoms with Crippen LogP contribution in [-0.4, -0.2) is 29.0 Å². The van der Waals surface area contributed by atoms with Gasteiger partial charge >= 0.3 is 0 Å². The molecule has 1 atom stereocenters. The second-order valence-corrected chi connectivity index (χ2v) is 7.02. The Hall–Kier alpha value is -0.730. The van der Waals surface area contributed by atoms with Crippen LogP contribution in [0.15, 0.2) is 4.99 Å². The first kappa shape index (κ1) is 12.3. The van der Waals surface area contributed by atoms with Gasteiger partial charge < -0.3 is 10.6 Å². The highest BCUT2D eigenvalue weighted by Gasteiger charge is 2.59. The zero-order valence-corrected chi connectivity index (χ0v) is 11.9. The molecule has 1 heterocycles. The number of nitrogens with zero attached hydrogens (tertiary/aromatic N) is 2. The number of hydrogen-bond donors (Lipinski definition) is 1. The van der Waals surface area contributed by atoms with Crippen molar-refractivity contribution in [3.63, 3.8) is 0 Å². The van der Waals surface area contributed by atoms with Crippen LogP contribution >= 0.6 is 0 Å². The molecule has 0 amide bonds. The van der Waals surface area contributed by atoms with E-state index >= 15 is 0 Å². The van der Waals surface area contributed by atoms with Gasteiger partial charge in [0.25, 0.3) is 0 Å². The molecule has 3 rings (SSSR count). The molecule has 0 aromatic carbocycles. The molecule has 0 aromatic rings. The highest BCUT2D eigenvalue weighted by molar-refractivity contribution is 5.81. The summed E-state index contributed by atoms with van der Waals surface area (Å²) in [6, 6.07) is 0.640. The smallest absolute Gasteiger partial charge is 0.192 e. The number of aliphatic imine (C=N–C) groups is 1. The average Bonchev–Trinajstić information content (AvgIpc) is 3.07. The van der Waals surface area contributed by atoms with E-state index in [1.165, 1.54) is 51.4 Å². The van der Waals surface area contributed by atoms with Crippen LogP contribution in [-0.2, 0) is 0 Å². The van der Waals surface area contributed by atoms with Crippen molar-refractivity contribution in [3.8, 4) is 0 Å². The molecule has 1 aliphatic heterocycles. The Kier molecular flexibility index (Phi) is 2.83. The second-order valence-electron chi connectivity index (χ2n) is 7.02. The summed E-state index contributed by atoms with van der Waals surface area (Å²) < 4.78 is 0. The normalized spacial score (nSPS) is 36.3. The third-order valence-corrected chi connectivity index (χ3v) is 5.82. The van der Waals surface area contributed by atoms with E-state index in [1.54, 1.807) is 0 Å². The van der Waals surface area contributed by atoms with Crippen LogP contribution < -0.4 is 5.73 Å². The second kappa shape index (κ2) is 4.14. The van der Waals surface area contributed by atoms with Crippen molar-refractivity contribution in [3.05, 3.63) is 0 Å². The third-order valence-electron chi connectivity index (χ3n) is 5.82. The van der Waals surface area contributed by atoms with E-state index in [0.717, 1.165) is 12.5 Å². The Morgan fingerprint density at radius 3 is 2.28 bits per heavy atom. The summed E-state index contributed by atoms with van der Waals surface area (Å²) >= 11 is 0. The number of nitrogens with two attached hydrogens (primary N) is 1. The Labute approximate surface area is 111 Å². The molecule has 0 spiro atoms. The summed E-state index contributed by atoms with van der Waals surface area (Å²) in [4.78, 5) is 7.12. The average molecular weight is 249 g/mol. The van der Waals surface area contributed by atoms with Gasteiger partial charge in [-0.2, -0.15) is 0 Å². The summed E-state index contributed by atoms with van der Waals surface area (Å²) in [5.41, 5.74) is 6.87. The minimum Gasteiger partial charge on any atom is -0.370 e. The fraction of sp³-hybridized carbons (Fsp3) is 0.933. The molecule has 3 heteroatoms. The van der Waals surface area contributed by atoms with E-state index in [0.29, 0.717) is 11.5 Å². The first-order valence-corrected chi connectivity index (χ1v) is 7.66. The lowest BCUT2D eigenvalue weighted by Crippen LogP contribution is -2.58. The van der Waals surface area contributed by atoms with Gasteiger partial charge in [0.2, 0.25) is 0 Å². The molecule has 3 nitrogen and oxygen atoms in total. The Bertz CT molecular complexity index is 351. The molecule has 2 aliphatic carbocycles. The maximum absolute atomic E-state index is 6.24.